The third kappa shape index (κ3) is 7.82. The minimum absolute atomic E-state index is 0.422. The standard InChI is InChI=1S/C12H26N2O2/c1-5-6-13-7-8-14(9-10-15-3)12(2)11-16-4/h5,12-13H,1,6-11H2,2-4H3. The Labute approximate surface area is 99.6 Å². The van der Waals surface area contributed by atoms with E-state index in [0.717, 1.165) is 39.4 Å². The highest BCUT2D eigenvalue weighted by atomic mass is 16.5. The molecule has 16 heavy (non-hydrogen) atoms. The van der Waals surface area contributed by atoms with Crippen molar-refractivity contribution in [3.05, 3.63) is 12.7 Å². The molecular weight excluding hydrogens is 204 g/mol. The molecule has 4 heteroatoms. The van der Waals surface area contributed by atoms with E-state index >= 15 is 0 Å². The van der Waals surface area contributed by atoms with Crippen molar-refractivity contribution < 1.29 is 9.47 Å². The van der Waals surface area contributed by atoms with Gasteiger partial charge in [0.25, 0.3) is 0 Å². The lowest BCUT2D eigenvalue weighted by molar-refractivity contribution is 0.0759. The minimum Gasteiger partial charge on any atom is -0.383 e. The first-order valence-electron chi connectivity index (χ1n) is 5.79. The number of nitrogens with zero attached hydrogens (tertiary/aromatic N) is 1. The third-order valence-corrected chi connectivity index (χ3v) is 2.48. The van der Waals surface area contributed by atoms with Crippen molar-refractivity contribution in [1.82, 2.24) is 10.2 Å². The Bertz CT molecular complexity index is 165. The quantitative estimate of drug-likeness (QED) is 0.419. The van der Waals surface area contributed by atoms with Gasteiger partial charge in [-0.2, -0.15) is 0 Å². The van der Waals surface area contributed by atoms with E-state index in [4.69, 9.17) is 9.47 Å². The van der Waals surface area contributed by atoms with E-state index in [1.165, 1.54) is 0 Å². The van der Waals surface area contributed by atoms with Crippen molar-refractivity contribution in [3.8, 4) is 0 Å². The van der Waals surface area contributed by atoms with Crippen LogP contribution in [0.25, 0.3) is 0 Å². The molecule has 0 aliphatic rings. The Morgan fingerprint density at radius 1 is 1.31 bits per heavy atom. The Morgan fingerprint density at radius 3 is 2.62 bits per heavy atom. The molecule has 0 aromatic carbocycles. The van der Waals surface area contributed by atoms with E-state index in [2.05, 4.69) is 23.7 Å². The first-order valence-corrected chi connectivity index (χ1v) is 5.79. The van der Waals surface area contributed by atoms with Gasteiger partial charge < -0.3 is 14.8 Å². The smallest absolute Gasteiger partial charge is 0.0615 e. The van der Waals surface area contributed by atoms with Crippen LogP contribution in [0.15, 0.2) is 12.7 Å². The van der Waals surface area contributed by atoms with E-state index < -0.39 is 0 Å². The molecule has 96 valence electrons. The lowest BCUT2D eigenvalue weighted by Crippen LogP contribution is -2.42. The molecule has 0 heterocycles. The zero-order valence-corrected chi connectivity index (χ0v) is 10.9. The van der Waals surface area contributed by atoms with Crippen LogP contribution in [-0.2, 0) is 9.47 Å². The van der Waals surface area contributed by atoms with Crippen LogP contribution in [-0.4, -0.2) is 64.6 Å². The molecule has 0 radical (unpaired) electrons. The maximum Gasteiger partial charge on any atom is 0.0615 e. The van der Waals surface area contributed by atoms with Gasteiger partial charge in [0.15, 0.2) is 0 Å². The van der Waals surface area contributed by atoms with Gasteiger partial charge in [0, 0.05) is 46.4 Å². The molecule has 1 N–H and O–H groups in total. The number of hydrogen-bond donors (Lipinski definition) is 1. The van der Waals surface area contributed by atoms with Crippen LogP contribution in [0.2, 0.25) is 0 Å². The predicted molar refractivity (Wildman–Crippen MR) is 67.9 cm³/mol. The SMILES string of the molecule is C=CCNCCN(CCOC)C(C)COC. The van der Waals surface area contributed by atoms with E-state index in [-0.39, 0.29) is 0 Å². The summed E-state index contributed by atoms with van der Waals surface area (Å²) in [7, 11) is 3.47. The summed E-state index contributed by atoms with van der Waals surface area (Å²) < 4.78 is 10.3. The molecule has 0 aromatic rings. The summed E-state index contributed by atoms with van der Waals surface area (Å²) in [4.78, 5) is 2.36. The highest BCUT2D eigenvalue weighted by Crippen LogP contribution is 1.98. The van der Waals surface area contributed by atoms with Crippen LogP contribution in [0.1, 0.15) is 6.92 Å². The minimum atomic E-state index is 0.422. The summed E-state index contributed by atoms with van der Waals surface area (Å²) in [6.45, 7) is 11.1. The third-order valence-electron chi connectivity index (χ3n) is 2.48. The Morgan fingerprint density at radius 2 is 2.06 bits per heavy atom. The molecule has 0 saturated heterocycles. The fourth-order valence-corrected chi connectivity index (χ4v) is 1.53. The molecule has 0 aliphatic heterocycles. The number of hydrogen-bond acceptors (Lipinski definition) is 4. The van der Waals surface area contributed by atoms with Crippen LogP contribution in [0.3, 0.4) is 0 Å². The first-order chi connectivity index (χ1) is 7.76. The van der Waals surface area contributed by atoms with Crippen LogP contribution in [0, 0.1) is 0 Å². The summed E-state index contributed by atoms with van der Waals surface area (Å²) in [5.41, 5.74) is 0. The Hall–Kier alpha value is -0.420. The maximum atomic E-state index is 5.17. The molecule has 0 rings (SSSR count). The first kappa shape index (κ1) is 15.6. The van der Waals surface area contributed by atoms with Crippen molar-refractivity contribution >= 4 is 0 Å². The average Bonchev–Trinajstić information content (AvgIpc) is 2.28. The second-order valence-electron chi connectivity index (χ2n) is 3.83. The molecule has 1 unspecified atom stereocenters. The fraction of sp³-hybridized carbons (Fsp3) is 0.833. The van der Waals surface area contributed by atoms with Crippen molar-refractivity contribution in [1.29, 1.82) is 0 Å². The molecule has 0 bridgehead atoms. The molecule has 1 atom stereocenters. The van der Waals surface area contributed by atoms with Crippen LogP contribution >= 0.6 is 0 Å². The number of ether oxygens (including phenoxy) is 2. The highest BCUT2D eigenvalue weighted by molar-refractivity contribution is 4.72. The van der Waals surface area contributed by atoms with Crippen molar-refractivity contribution in [2.24, 2.45) is 0 Å². The van der Waals surface area contributed by atoms with Gasteiger partial charge in [-0.1, -0.05) is 6.08 Å². The maximum absolute atomic E-state index is 5.17. The van der Waals surface area contributed by atoms with Crippen molar-refractivity contribution in [3.63, 3.8) is 0 Å². The van der Waals surface area contributed by atoms with Crippen molar-refractivity contribution in [2.45, 2.75) is 13.0 Å². The largest absolute Gasteiger partial charge is 0.383 e. The molecule has 0 aliphatic carbocycles. The number of rotatable bonds is 11. The van der Waals surface area contributed by atoms with Gasteiger partial charge in [-0.3, -0.25) is 4.90 Å². The van der Waals surface area contributed by atoms with Gasteiger partial charge in [0.05, 0.1) is 13.2 Å². The summed E-state index contributed by atoms with van der Waals surface area (Å²) in [5, 5.41) is 3.30. The van der Waals surface area contributed by atoms with Crippen molar-refractivity contribution in [2.75, 3.05) is 53.6 Å². The Balaban J connectivity index is 3.83. The molecule has 0 spiro atoms. The van der Waals surface area contributed by atoms with E-state index in [1.54, 1.807) is 14.2 Å². The summed E-state index contributed by atoms with van der Waals surface area (Å²) in [6.07, 6.45) is 1.87. The topological polar surface area (TPSA) is 33.7 Å². The summed E-state index contributed by atoms with van der Waals surface area (Å²) in [6, 6.07) is 0.422. The molecule has 0 fully saturated rings. The molecule has 0 amide bonds. The normalized spacial score (nSPS) is 13.0. The second kappa shape index (κ2) is 11.1. The predicted octanol–water partition coefficient (Wildman–Crippen LogP) is 0.745. The van der Waals surface area contributed by atoms with Crippen LogP contribution in [0.4, 0.5) is 0 Å². The average molecular weight is 230 g/mol. The summed E-state index contributed by atoms with van der Waals surface area (Å²) in [5.74, 6) is 0. The summed E-state index contributed by atoms with van der Waals surface area (Å²) >= 11 is 0. The number of methoxy groups -OCH3 is 2. The van der Waals surface area contributed by atoms with Crippen LogP contribution in [0.5, 0.6) is 0 Å². The molecule has 0 aromatic heterocycles. The number of nitrogens with one attached hydrogen (secondary N) is 1. The van der Waals surface area contributed by atoms with Gasteiger partial charge in [-0.25, -0.2) is 0 Å². The van der Waals surface area contributed by atoms with E-state index in [9.17, 15) is 0 Å². The highest BCUT2D eigenvalue weighted by Gasteiger charge is 2.12. The van der Waals surface area contributed by atoms with Crippen LogP contribution < -0.4 is 5.32 Å². The van der Waals surface area contributed by atoms with Gasteiger partial charge in [-0.15, -0.1) is 6.58 Å². The van der Waals surface area contributed by atoms with Gasteiger partial charge in [-0.05, 0) is 6.92 Å². The van der Waals surface area contributed by atoms with Gasteiger partial charge >= 0.3 is 0 Å². The molecular formula is C12H26N2O2. The lowest BCUT2D eigenvalue weighted by atomic mass is 10.3. The Kier molecular flexibility index (Phi) is 10.8. The molecule has 0 saturated carbocycles. The van der Waals surface area contributed by atoms with Gasteiger partial charge in [0.1, 0.15) is 0 Å². The lowest BCUT2D eigenvalue weighted by Gasteiger charge is -2.28. The van der Waals surface area contributed by atoms with E-state index in [0.29, 0.717) is 6.04 Å². The monoisotopic (exact) mass is 230 g/mol. The molecule has 4 nitrogen and oxygen atoms in total. The fourth-order valence-electron chi connectivity index (χ4n) is 1.53. The second-order valence-corrected chi connectivity index (χ2v) is 3.83. The zero-order valence-electron chi connectivity index (χ0n) is 10.9. The van der Waals surface area contributed by atoms with E-state index in [1.807, 2.05) is 6.08 Å². The van der Waals surface area contributed by atoms with Gasteiger partial charge in [0.2, 0.25) is 0 Å². The zero-order chi connectivity index (χ0) is 12.2.